The Balaban J connectivity index is 0.000000471. The molecule has 0 saturated heterocycles. The van der Waals surface area contributed by atoms with Crippen molar-refractivity contribution < 1.29 is 25.2 Å². The van der Waals surface area contributed by atoms with Gasteiger partial charge in [-0.3, -0.25) is 4.79 Å². The molecule has 0 unspecified atom stereocenters. The van der Waals surface area contributed by atoms with Crippen molar-refractivity contribution in [3.63, 3.8) is 0 Å². The molecule has 0 fully saturated rings. The molecule has 0 aromatic heterocycles. The number of Topliss-reactive ketones (excluding diaryl/α,β-unsaturated/α-hetero) is 1. The molecular formula is C19H18O5. The zero-order valence-corrected chi connectivity index (χ0v) is 12.9. The van der Waals surface area contributed by atoms with Crippen molar-refractivity contribution in [2.24, 2.45) is 0 Å². The zero-order valence-electron chi connectivity index (χ0n) is 12.9. The van der Waals surface area contributed by atoms with Gasteiger partial charge in [0.1, 0.15) is 23.0 Å². The summed E-state index contributed by atoms with van der Waals surface area (Å²) in [6.45, 7) is 6.72. The number of hydrogen-bond donors (Lipinski definition) is 4. The van der Waals surface area contributed by atoms with E-state index in [9.17, 15) is 25.2 Å². The van der Waals surface area contributed by atoms with Crippen LogP contribution in [0.4, 0.5) is 0 Å². The molecule has 5 nitrogen and oxygen atoms in total. The summed E-state index contributed by atoms with van der Waals surface area (Å²) in [5.41, 5.74) is 1.22. The van der Waals surface area contributed by atoms with Crippen molar-refractivity contribution in [1.82, 2.24) is 0 Å². The number of phenolic OH excluding ortho intramolecular Hbond substituents is 4. The highest BCUT2D eigenvalue weighted by Crippen LogP contribution is 2.41. The molecule has 4 N–H and O–H groups in total. The van der Waals surface area contributed by atoms with Crippen molar-refractivity contribution in [2.75, 3.05) is 0 Å². The monoisotopic (exact) mass is 326 g/mol. The molecule has 2 aromatic carbocycles. The Bertz CT molecular complexity index is 781. The molecule has 1 aliphatic carbocycles. The van der Waals surface area contributed by atoms with E-state index >= 15 is 0 Å². The number of carbonyl (C=O) groups is 1. The third kappa shape index (κ3) is 3.41. The van der Waals surface area contributed by atoms with Crippen LogP contribution in [0.2, 0.25) is 0 Å². The fourth-order valence-electron chi connectivity index (χ4n) is 2.65. The highest BCUT2D eigenvalue weighted by atomic mass is 16.3. The van der Waals surface area contributed by atoms with Crippen LogP contribution in [0.1, 0.15) is 27.4 Å². The molecule has 1 atom stereocenters. The number of aromatic hydroxyl groups is 4. The Kier molecular flexibility index (Phi) is 4.94. The average Bonchev–Trinajstić information content (AvgIpc) is 2.84. The van der Waals surface area contributed by atoms with Gasteiger partial charge in [-0.15, -0.1) is 0 Å². The molecule has 24 heavy (non-hydrogen) atoms. The predicted octanol–water partition coefficient (Wildman–Crippen LogP) is 3.39. The largest absolute Gasteiger partial charge is 0.508 e. The summed E-state index contributed by atoms with van der Waals surface area (Å²) in [6, 6.07) is 6.50. The van der Waals surface area contributed by atoms with Crippen molar-refractivity contribution in [3.05, 3.63) is 72.3 Å². The van der Waals surface area contributed by atoms with Gasteiger partial charge in [-0.1, -0.05) is 25.3 Å². The first-order valence-corrected chi connectivity index (χ1v) is 7.22. The van der Waals surface area contributed by atoms with Crippen LogP contribution in [0.3, 0.4) is 0 Å². The number of benzene rings is 2. The topological polar surface area (TPSA) is 98.0 Å². The van der Waals surface area contributed by atoms with Gasteiger partial charge in [-0.25, -0.2) is 0 Å². The lowest BCUT2D eigenvalue weighted by Crippen LogP contribution is -2.06. The predicted molar refractivity (Wildman–Crippen MR) is 90.7 cm³/mol. The minimum absolute atomic E-state index is 0.125. The summed E-state index contributed by atoms with van der Waals surface area (Å²) in [5.74, 6) is -1.40. The number of hydrogen-bond acceptors (Lipinski definition) is 5. The summed E-state index contributed by atoms with van der Waals surface area (Å²) >= 11 is 0. The van der Waals surface area contributed by atoms with E-state index in [1.165, 1.54) is 30.3 Å². The standard InChI is InChI=1S/C15H12O5.C4H6/c16-8-1-7(2-9(17)3-8)11-6-12-13(15(11)20)4-10(18)5-14(12)19;1-3-4-2/h1-5,11,16-19H,6H2;3-4H,1-2H2/t11-;/m0./s1. The second kappa shape index (κ2) is 6.91. The number of ketones is 1. The van der Waals surface area contributed by atoms with Crippen LogP contribution in [-0.4, -0.2) is 26.2 Å². The van der Waals surface area contributed by atoms with Crippen molar-refractivity contribution in [2.45, 2.75) is 12.3 Å². The third-order valence-corrected chi connectivity index (χ3v) is 3.70. The van der Waals surface area contributed by atoms with E-state index in [0.29, 0.717) is 11.1 Å². The normalized spacial score (nSPS) is 15.2. The maximum atomic E-state index is 12.3. The summed E-state index contributed by atoms with van der Waals surface area (Å²) in [6.07, 6.45) is 3.54. The maximum Gasteiger partial charge on any atom is 0.171 e. The van der Waals surface area contributed by atoms with Gasteiger partial charge < -0.3 is 20.4 Å². The smallest absolute Gasteiger partial charge is 0.171 e. The van der Waals surface area contributed by atoms with Crippen molar-refractivity contribution >= 4 is 5.78 Å². The summed E-state index contributed by atoms with van der Waals surface area (Å²) < 4.78 is 0. The number of carbonyl (C=O) groups excluding carboxylic acids is 1. The molecule has 0 saturated carbocycles. The number of fused-ring (bicyclic) bond motifs is 1. The van der Waals surface area contributed by atoms with E-state index < -0.39 is 5.92 Å². The van der Waals surface area contributed by atoms with Gasteiger partial charge in [0, 0.05) is 23.3 Å². The minimum Gasteiger partial charge on any atom is -0.508 e. The van der Waals surface area contributed by atoms with Gasteiger partial charge in [0.15, 0.2) is 5.78 Å². The van der Waals surface area contributed by atoms with Crippen LogP contribution in [-0.2, 0) is 6.42 Å². The average molecular weight is 326 g/mol. The Morgan fingerprint density at radius 1 is 0.875 bits per heavy atom. The molecule has 2 aromatic rings. The highest BCUT2D eigenvalue weighted by molar-refractivity contribution is 6.06. The fourth-order valence-corrected chi connectivity index (χ4v) is 2.65. The van der Waals surface area contributed by atoms with Gasteiger partial charge >= 0.3 is 0 Å². The molecule has 3 rings (SSSR count). The summed E-state index contributed by atoms with van der Waals surface area (Å²) in [4.78, 5) is 12.3. The number of allylic oxidation sites excluding steroid dienone is 2. The van der Waals surface area contributed by atoms with E-state index in [1.807, 2.05) is 0 Å². The Morgan fingerprint density at radius 2 is 1.42 bits per heavy atom. The zero-order chi connectivity index (χ0) is 17.9. The van der Waals surface area contributed by atoms with Gasteiger partial charge in [0.05, 0.1) is 5.92 Å². The van der Waals surface area contributed by atoms with E-state index in [0.717, 1.165) is 0 Å². The Labute approximate surface area is 139 Å². The first-order chi connectivity index (χ1) is 11.4. The molecule has 1 aliphatic rings. The van der Waals surface area contributed by atoms with Gasteiger partial charge in [-0.05, 0) is 30.2 Å². The molecule has 0 aliphatic heterocycles. The van der Waals surface area contributed by atoms with Gasteiger partial charge in [0.25, 0.3) is 0 Å². The molecular weight excluding hydrogens is 308 g/mol. The van der Waals surface area contributed by atoms with Crippen molar-refractivity contribution in [3.8, 4) is 23.0 Å². The van der Waals surface area contributed by atoms with Crippen LogP contribution in [0.15, 0.2) is 55.6 Å². The first kappa shape index (κ1) is 17.1. The fraction of sp³-hybridized carbons (Fsp3) is 0.105. The second-order valence-corrected chi connectivity index (χ2v) is 5.37. The number of phenols is 4. The van der Waals surface area contributed by atoms with Gasteiger partial charge in [-0.2, -0.15) is 0 Å². The maximum absolute atomic E-state index is 12.3. The first-order valence-electron chi connectivity index (χ1n) is 7.22. The van der Waals surface area contributed by atoms with Gasteiger partial charge in [0.2, 0.25) is 0 Å². The van der Waals surface area contributed by atoms with Crippen LogP contribution in [0.25, 0.3) is 0 Å². The van der Waals surface area contributed by atoms with E-state index in [1.54, 1.807) is 12.2 Å². The van der Waals surface area contributed by atoms with Crippen LogP contribution in [0.5, 0.6) is 23.0 Å². The Hall–Kier alpha value is -3.21. The van der Waals surface area contributed by atoms with E-state index in [2.05, 4.69) is 13.2 Å². The lowest BCUT2D eigenvalue weighted by Gasteiger charge is -2.09. The SMILES string of the molecule is C=CC=C.O=C1c2cc(O)cc(O)c2C[C@H]1c1cc(O)cc(O)c1. The molecule has 0 radical (unpaired) electrons. The van der Waals surface area contributed by atoms with E-state index in [4.69, 9.17) is 0 Å². The van der Waals surface area contributed by atoms with E-state index in [-0.39, 0.29) is 40.8 Å². The quantitative estimate of drug-likeness (QED) is 0.634. The molecule has 0 amide bonds. The second-order valence-electron chi connectivity index (χ2n) is 5.37. The van der Waals surface area contributed by atoms with Crippen LogP contribution in [0, 0.1) is 0 Å². The van der Waals surface area contributed by atoms with Crippen LogP contribution >= 0.6 is 0 Å². The number of rotatable bonds is 2. The van der Waals surface area contributed by atoms with Crippen LogP contribution < -0.4 is 0 Å². The third-order valence-electron chi connectivity index (χ3n) is 3.70. The molecule has 0 bridgehead atoms. The molecule has 5 heteroatoms. The molecule has 0 spiro atoms. The minimum atomic E-state index is -0.587. The lowest BCUT2D eigenvalue weighted by atomic mass is 9.95. The van der Waals surface area contributed by atoms with Crippen molar-refractivity contribution in [1.29, 1.82) is 0 Å². The summed E-state index contributed by atoms with van der Waals surface area (Å²) in [7, 11) is 0. The highest BCUT2D eigenvalue weighted by Gasteiger charge is 2.34. The lowest BCUT2D eigenvalue weighted by molar-refractivity contribution is 0.0972. The molecule has 0 heterocycles. The molecule has 124 valence electrons. The summed E-state index contributed by atoms with van der Waals surface area (Å²) in [5, 5.41) is 38.2. The Morgan fingerprint density at radius 3 is 1.96 bits per heavy atom.